The Hall–Kier alpha value is -1.30. The molecule has 0 saturated heterocycles. The van der Waals surface area contributed by atoms with Crippen LogP contribution in [0.15, 0.2) is 5.16 Å². The minimum absolute atomic E-state index is 0.00914. The van der Waals surface area contributed by atoms with E-state index in [9.17, 15) is 4.79 Å². The quantitative estimate of drug-likeness (QED) is 0.270. The van der Waals surface area contributed by atoms with Gasteiger partial charge >= 0.3 is 0 Å². The zero-order valence-electron chi connectivity index (χ0n) is 11.3. The normalized spacial score (nSPS) is 17.6. The maximum absolute atomic E-state index is 12.1. The van der Waals surface area contributed by atoms with E-state index in [1.807, 2.05) is 32.8 Å². The lowest BCUT2D eigenvalue weighted by atomic mass is 9.85. The van der Waals surface area contributed by atoms with Crippen LogP contribution in [0.3, 0.4) is 0 Å². The van der Waals surface area contributed by atoms with Crippen molar-refractivity contribution >= 4 is 11.7 Å². The fourth-order valence-electron chi connectivity index (χ4n) is 1.54. The highest BCUT2D eigenvalue weighted by molar-refractivity contribution is 6.06. The SMILES string of the molecule is CCC(C)(C(=O)NC(C)CN(C)C)C(N)=NO. The van der Waals surface area contributed by atoms with Crippen molar-refractivity contribution in [2.45, 2.75) is 33.2 Å². The number of amides is 1. The van der Waals surface area contributed by atoms with Gasteiger partial charge < -0.3 is 21.2 Å². The molecule has 0 aromatic carbocycles. The summed E-state index contributed by atoms with van der Waals surface area (Å²) in [5.74, 6) is -0.279. The molecular formula is C11H24N4O2. The molecule has 2 atom stereocenters. The first-order chi connectivity index (χ1) is 7.77. The fraction of sp³-hybridized carbons (Fsp3) is 0.818. The van der Waals surface area contributed by atoms with Gasteiger partial charge in [0.25, 0.3) is 0 Å². The van der Waals surface area contributed by atoms with Gasteiger partial charge in [-0.05, 0) is 34.4 Å². The van der Waals surface area contributed by atoms with E-state index in [0.29, 0.717) is 6.42 Å². The van der Waals surface area contributed by atoms with Gasteiger partial charge in [-0.25, -0.2) is 0 Å². The van der Waals surface area contributed by atoms with Crippen molar-refractivity contribution < 1.29 is 10.0 Å². The number of likely N-dealkylation sites (N-methyl/N-ethyl adjacent to an activating group) is 1. The average Bonchev–Trinajstić information content (AvgIpc) is 2.25. The maximum atomic E-state index is 12.1. The summed E-state index contributed by atoms with van der Waals surface area (Å²) in [5, 5.41) is 14.5. The van der Waals surface area contributed by atoms with E-state index in [-0.39, 0.29) is 17.8 Å². The average molecular weight is 244 g/mol. The highest BCUT2D eigenvalue weighted by Gasteiger charge is 2.36. The lowest BCUT2D eigenvalue weighted by Gasteiger charge is -2.28. The van der Waals surface area contributed by atoms with Crippen LogP contribution in [0.1, 0.15) is 27.2 Å². The standard InChI is InChI=1S/C11H24N4O2/c1-6-11(3,9(12)14-17)10(16)13-8(2)7-15(4)5/h8,17H,6-7H2,1-5H3,(H2,12,14)(H,13,16). The molecular weight excluding hydrogens is 220 g/mol. The van der Waals surface area contributed by atoms with Crippen LogP contribution in [0.4, 0.5) is 0 Å². The molecule has 17 heavy (non-hydrogen) atoms. The van der Waals surface area contributed by atoms with Crippen molar-refractivity contribution in [3.05, 3.63) is 0 Å². The Morgan fingerprint density at radius 2 is 2.12 bits per heavy atom. The van der Waals surface area contributed by atoms with Crippen LogP contribution in [0.5, 0.6) is 0 Å². The zero-order valence-corrected chi connectivity index (χ0v) is 11.3. The van der Waals surface area contributed by atoms with Crippen LogP contribution >= 0.6 is 0 Å². The van der Waals surface area contributed by atoms with E-state index in [2.05, 4.69) is 10.5 Å². The van der Waals surface area contributed by atoms with E-state index in [0.717, 1.165) is 6.54 Å². The number of hydrogen-bond donors (Lipinski definition) is 3. The summed E-state index contributed by atoms with van der Waals surface area (Å²) in [5.41, 5.74) is 4.61. The number of carbonyl (C=O) groups is 1. The molecule has 0 saturated carbocycles. The Balaban J connectivity index is 4.67. The highest BCUT2D eigenvalue weighted by atomic mass is 16.4. The lowest BCUT2D eigenvalue weighted by molar-refractivity contribution is -0.127. The Morgan fingerprint density at radius 3 is 2.47 bits per heavy atom. The third kappa shape index (κ3) is 4.22. The van der Waals surface area contributed by atoms with Gasteiger partial charge in [0.1, 0.15) is 5.41 Å². The monoisotopic (exact) mass is 244 g/mol. The van der Waals surface area contributed by atoms with Crippen molar-refractivity contribution in [1.29, 1.82) is 0 Å². The van der Waals surface area contributed by atoms with E-state index in [1.54, 1.807) is 6.92 Å². The van der Waals surface area contributed by atoms with Crippen molar-refractivity contribution in [2.75, 3.05) is 20.6 Å². The predicted octanol–water partition coefficient (Wildman–Crippen LogP) is 0.215. The van der Waals surface area contributed by atoms with Crippen molar-refractivity contribution in [1.82, 2.24) is 10.2 Å². The number of amidine groups is 1. The molecule has 0 bridgehead atoms. The van der Waals surface area contributed by atoms with Crippen molar-refractivity contribution in [3.8, 4) is 0 Å². The minimum Gasteiger partial charge on any atom is -0.409 e. The summed E-state index contributed by atoms with van der Waals surface area (Å²) in [7, 11) is 3.87. The molecule has 1 amide bonds. The second-order valence-electron chi connectivity index (χ2n) is 4.81. The molecule has 0 aliphatic rings. The van der Waals surface area contributed by atoms with E-state index >= 15 is 0 Å². The van der Waals surface area contributed by atoms with Crippen LogP contribution in [-0.2, 0) is 4.79 Å². The first-order valence-electron chi connectivity index (χ1n) is 5.71. The van der Waals surface area contributed by atoms with Gasteiger partial charge in [0, 0.05) is 12.6 Å². The number of carbonyl (C=O) groups excluding carboxylic acids is 1. The van der Waals surface area contributed by atoms with Crippen LogP contribution < -0.4 is 11.1 Å². The summed E-state index contributed by atoms with van der Waals surface area (Å²) >= 11 is 0. The summed E-state index contributed by atoms with van der Waals surface area (Å²) < 4.78 is 0. The van der Waals surface area contributed by atoms with Gasteiger partial charge in [-0.15, -0.1) is 0 Å². The molecule has 0 rings (SSSR count). The van der Waals surface area contributed by atoms with E-state index in [1.165, 1.54) is 0 Å². The Kier molecular flexibility index (Phi) is 5.95. The summed E-state index contributed by atoms with van der Waals surface area (Å²) in [4.78, 5) is 14.1. The molecule has 0 radical (unpaired) electrons. The second kappa shape index (κ2) is 6.44. The van der Waals surface area contributed by atoms with Crippen molar-refractivity contribution in [3.63, 3.8) is 0 Å². The number of nitrogens with zero attached hydrogens (tertiary/aromatic N) is 2. The number of nitrogens with two attached hydrogens (primary N) is 1. The smallest absolute Gasteiger partial charge is 0.233 e. The minimum atomic E-state index is -0.963. The van der Waals surface area contributed by atoms with Crippen LogP contribution in [0.25, 0.3) is 0 Å². The molecule has 0 spiro atoms. The highest BCUT2D eigenvalue weighted by Crippen LogP contribution is 2.21. The fourth-order valence-corrected chi connectivity index (χ4v) is 1.54. The molecule has 0 heterocycles. The molecule has 2 unspecified atom stereocenters. The van der Waals surface area contributed by atoms with Gasteiger partial charge in [-0.3, -0.25) is 4.79 Å². The van der Waals surface area contributed by atoms with Crippen LogP contribution in [-0.4, -0.2) is 48.5 Å². The molecule has 0 aliphatic heterocycles. The lowest BCUT2D eigenvalue weighted by Crippen LogP contribution is -2.51. The molecule has 0 aliphatic carbocycles. The van der Waals surface area contributed by atoms with Gasteiger partial charge in [-0.1, -0.05) is 12.1 Å². The van der Waals surface area contributed by atoms with Gasteiger partial charge in [-0.2, -0.15) is 0 Å². The molecule has 100 valence electrons. The third-order valence-corrected chi connectivity index (χ3v) is 2.90. The molecule has 6 nitrogen and oxygen atoms in total. The largest absolute Gasteiger partial charge is 0.409 e. The second-order valence-corrected chi connectivity index (χ2v) is 4.81. The topological polar surface area (TPSA) is 91.0 Å². The van der Waals surface area contributed by atoms with Gasteiger partial charge in [0.05, 0.1) is 0 Å². The van der Waals surface area contributed by atoms with Gasteiger partial charge in [0.15, 0.2) is 5.84 Å². The Labute approximate surface area is 103 Å². The molecule has 0 aromatic rings. The maximum Gasteiger partial charge on any atom is 0.233 e. The number of rotatable bonds is 6. The van der Waals surface area contributed by atoms with Gasteiger partial charge in [0.2, 0.25) is 5.91 Å². The molecule has 0 aromatic heterocycles. The third-order valence-electron chi connectivity index (χ3n) is 2.90. The van der Waals surface area contributed by atoms with Crippen LogP contribution in [0.2, 0.25) is 0 Å². The van der Waals surface area contributed by atoms with E-state index in [4.69, 9.17) is 10.9 Å². The summed E-state index contributed by atoms with van der Waals surface area (Å²) in [6, 6.07) is 0.00914. The van der Waals surface area contributed by atoms with Crippen LogP contribution in [0, 0.1) is 5.41 Å². The number of nitrogens with one attached hydrogen (secondary N) is 1. The van der Waals surface area contributed by atoms with Crippen molar-refractivity contribution in [2.24, 2.45) is 16.3 Å². The zero-order chi connectivity index (χ0) is 13.6. The molecule has 4 N–H and O–H groups in total. The Bertz CT molecular complexity index is 291. The summed E-state index contributed by atoms with van der Waals surface area (Å²) in [6.07, 6.45) is 0.476. The number of hydrogen-bond acceptors (Lipinski definition) is 4. The Morgan fingerprint density at radius 1 is 1.59 bits per heavy atom. The van der Waals surface area contributed by atoms with E-state index < -0.39 is 5.41 Å². The predicted molar refractivity (Wildman–Crippen MR) is 68.0 cm³/mol. The number of oxime groups is 1. The first-order valence-corrected chi connectivity index (χ1v) is 5.71. The molecule has 0 fully saturated rings. The summed E-state index contributed by atoms with van der Waals surface area (Å²) in [6.45, 7) is 6.15. The molecule has 6 heteroatoms. The first kappa shape index (κ1) is 15.7.